The number of aromatic nitrogens is 2. The van der Waals surface area contributed by atoms with Crippen molar-refractivity contribution in [2.24, 2.45) is 5.92 Å². The molecular formula is C15H24N4. The highest BCUT2D eigenvalue weighted by molar-refractivity contribution is 5.06. The van der Waals surface area contributed by atoms with Gasteiger partial charge in [0.25, 0.3) is 0 Å². The predicted molar refractivity (Wildman–Crippen MR) is 75.7 cm³/mol. The van der Waals surface area contributed by atoms with E-state index in [0.717, 1.165) is 31.2 Å². The topological polar surface area (TPSA) is 41.0 Å². The fourth-order valence-electron chi connectivity index (χ4n) is 3.29. The first kappa shape index (κ1) is 13.0. The molecule has 0 aromatic carbocycles. The summed E-state index contributed by atoms with van der Waals surface area (Å²) in [5, 5.41) is 3.80. The maximum absolute atomic E-state index is 4.38. The first-order chi connectivity index (χ1) is 9.21. The fourth-order valence-corrected chi connectivity index (χ4v) is 3.29. The molecular weight excluding hydrogens is 236 g/mol. The van der Waals surface area contributed by atoms with Crippen LogP contribution in [0.25, 0.3) is 0 Å². The summed E-state index contributed by atoms with van der Waals surface area (Å²) in [4.78, 5) is 11.0. The molecule has 1 aliphatic heterocycles. The summed E-state index contributed by atoms with van der Waals surface area (Å²) in [5.41, 5.74) is 1.44. The first-order valence-electron chi connectivity index (χ1n) is 7.45. The Morgan fingerprint density at radius 2 is 2.32 bits per heavy atom. The van der Waals surface area contributed by atoms with E-state index >= 15 is 0 Å². The molecule has 1 saturated carbocycles. The monoisotopic (exact) mass is 260 g/mol. The van der Waals surface area contributed by atoms with Crippen LogP contribution in [0.15, 0.2) is 18.6 Å². The molecule has 3 rings (SSSR count). The van der Waals surface area contributed by atoms with E-state index in [-0.39, 0.29) is 0 Å². The smallest absolute Gasteiger partial charge is 0.115 e. The van der Waals surface area contributed by atoms with Crippen LogP contribution in [0.5, 0.6) is 0 Å². The summed E-state index contributed by atoms with van der Waals surface area (Å²) >= 11 is 0. The van der Waals surface area contributed by atoms with Gasteiger partial charge in [0.05, 0.1) is 5.69 Å². The zero-order valence-corrected chi connectivity index (χ0v) is 12.0. The number of rotatable bonds is 4. The third-order valence-corrected chi connectivity index (χ3v) is 4.75. The average Bonchev–Trinajstić information content (AvgIpc) is 3.25. The van der Waals surface area contributed by atoms with Crippen LogP contribution in [0.4, 0.5) is 0 Å². The molecule has 19 heavy (non-hydrogen) atoms. The van der Waals surface area contributed by atoms with E-state index in [0.29, 0.717) is 11.6 Å². The van der Waals surface area contributed by atoms with Crippen LogP contribution in [0, 0.1) is 5.92 Å². The molecule has 4 heteroatoms. The number of piperazine rings is 1. The van der Waals surface area contributed by atoms with Gasteiger partial charge in [-0.05, 0) is 38.2 Å². The van der Waals surface area contributed by atoms with Crippen molar-refractivity contribution in [2.45, 2.75) is 51.2 Å². The molecule has 2 aliphatic rings. The van der Waals surface area contributed by atoms with Crippen molar-refractivity contribution in [3.05, 3.63) is 24.3 Å². The van der Waals surface area contributed by atoms with Gasteiger partial charge in [0.1, 0.15) is 6.33 Å². The average molecular weight is 260 g/mol. The van der Waals surface area contributed by atoms with E-state index in [2.05, 4.69) is 34.0 Å². The lowest BCUT2D eigenvalue weighted by atomic mass is 9.90. The van der Waals surface area contributed by atoms with Crippen LogP contribution >= 0.6 is 0 Å². The van der Waals surface area contributed by atoms with E-state index in [4.69, 9.17) is 0 Å². The minimum absolute atomic E-state index is 0.304. The summed E-state index contributed by atoms with van der Waals surface area (Å²) < 4.78 is 0. The van der Waals surface area contributed by atoms with Crippen LogP contribution in [-0.2, 0) is 6.54 Å². The van der Waals surface area contributed by atoms with Gasteiger partial charge in [-0.3, -0.25) is 4.90 Å². The van der Waals surface area contributed by atoms with Crippen molar-refractivity contribution < 1.29 is 0 Å². The van der Waals surface area contributed by atoms with Gasteiger partial charge in [0, 0.05) is 37.4 Å². The van der Waals surface area contributed by atoms with Crippen LogP contribution < -0.4 is 5.32 Å². The summed E-state index contributed by atoms with van der Waals surface area (Å²) in [6, 6.07) is 2.66. The third-order valence-electron chi connectivity index (χ3n) is 4.75. The van der Waals surface area contributed by atoms with E-state index < -0.39 is 0 Å². The Morgan fingerprint density at radius 1 is 1.47 bits per heavy atom. The maximum atomic E-state index is 4.38. The number of nitrogens with zero attached hydrogens (tertiary/aromatic N) is 3. The Bertz CT molecular complexity index is 417. The van der Waals surface area contributed by atoms with Crippen molar-refractivity contribution in [1.82, 2.24) is 20.2 Å². The molecule has 2 fully saturated rings. The van der Waals surface area contributed by atoms with Crippen molar-refractivity contribution in [1.29, 1.82) is 0 Å². The van der Waals surface area contributed by atoms with Crippen LogP contribution in [0.1, 0.15) is 38.8 Å². The van der Waals surface area contributed by atoms with Gasteiger partial charge in [-0.25, -0.2) is 9.97 Å². The molecule has 0 spiro atoms. The minimum atomic E-state index is 0.304. The van der Waals surface area contributed by atoms with E-state index in [1.807, 2.05) is 12.3 Å². The number of hydrogen-bond acceptors (Lipinski definition) is 4. The van der Waals surface area contributed by atoms with E-state index in [1.165, 1.54) is 19.3 Å². The molecule has 0 radical (unpaired) electrons. The Hall–Kier alpha value is -1.00. The zero-order valence-electron chi connectivity index (χ0n) is 12.0. The third kappa shape index (κ3) is 2.79. The van der Waals surface area contributed by atoms with Gasteiger partial charge in [-0.15, -0.1) is 0 Å². The Labute approximate surface area is 115 Å². The van der Waals surface area contributed by atoms with Crippen molar-refractivity contribution in [3.63, 3.8) is 0 Å². The van der Waals surface area contributed by atoms with Gasteiger partial charge in [0.2, 0.25) is 0 Å². The zero-order chi connectivity index (χ0) is 13.3. The molecule has 2 unspecified atom stereocenters. The molecule has 0 bridgehead atoms. The van der Waals surface area contributed by atoms with Crippen LogP contribution in [0.2, 0.25) is 0 Å². The lowest BCUT2D eigenvalue weighted by molar-refractivity contribution is 0.0655. The predicted octanol–water partition coefficient (Wildman–Crippen LogP) is 1.83. The van der Waals surface area contributed by atoms with E-state index in [1.54, 1.807) is 6.33 Å². The standard InChI is InChI=1S/C15H24N4/c1-3-14-8-18-15(2,12-4-5-12)10-19(14)9-13-6-7-16-11-17-13/h6-7,11-12,14,18H,3-5,8-10H2,1-2H3. The van der Waals surface area contributed by atoms with Crippen molar-refractivity contribution in [2.75, 3.05) is 13.1 Å². The Kier molecular flexibility index (Phi) is 3.54. The van der Waals surface area contributed by atoms with Gasteiger partial charge in [-0.2, -0.15) is 0 Å². The molecule has 1 aromatic rings. The van der Waals surface area contributed by atoms with Gasteiger partial charge in [0.15, 0.2) is 0 Å². The first-order valence-corrected chi connectivity index (χ1v) is 7.45. The molecule has 1 aromatic heterocycles. The largest absolute Gasteiger partial charge is 0.308 e. The van der Waals surface area contributed by atoms with E-state index in [9.17, 15) is 0 Å². The van der Waals surface area contributed by atoms with Gasteiger partial charge in [-0.1, -0.05) is 6.92 Å². The highest BCUT2D eigenvalue weighted by Gasteiger charge is 2.45. The van der Waals surface area contributed by atoms with Crippen LogP contribution in [-0.4, -0.2) is 39.5 Å². The Morgan fingerprint density at radius 3 is 2.95 bits per heavy atom. The highest BCUT2D eigenvalue weighted by Crippen LogP contribution is 2.41. The summed E-state index contributed by atoms with van der Waals surface area (Å²) in [6.45, 7) is 7.86. The number of nitrogens with one attached hydrogen (secondary N) is 1. The molecule has 104 valence electrons. The molecule has 1 N–H and O–H groups in total. The molecule has 1 aliphatic carbocycles. The lowest BCUT2D eigenvalue weighted by Crippen LogP contribution is -2.63. The minimum Gasteiger partial charge on any atom is -0.308 e. The summed E-state index contributed by atoms with van der Waals surface area (Å²) in [7, 11) is 0. The SMILES string of the molecule is CCC1CNC(C)(C2CC2)CN1Cc1ccncn1. The second-order valence-corrected chi connectivity index (χ2v) is 6.24. The molecule has 0 amide bonds. The molecule has 2 heterocycles. The Balaban J connectivity index is 1.72. The van der Waals surface area contributed by atoms with Crippen molar-refractivity contribution >= 4 is 0 Å². The summed E-state index contributed by atoms with van der Waals surface area (Å²) in [6.07, 6.45) is 7.46. The fraction of sp³-hybridized carbons (Fsp3) is 0.733. The molecule has 1 saturated heterocycles. The van der Waals surface area contributed by atoms with Crippen molar-refractivity contribution in [3.8, 4) is 0 Å². The normalized spacial score (nSPS) is 32.4. The number of hydrogen-bond donors (Lipinski definition) is 1. The maximum Gasteiger partial charge on any atom is 0.115 e. The van der Waals surface area contributed by atoms with Crippen LogP contribution in [0.3, 0.4) is 0 Å². The lowest BCUT2D eigenvalue weighted by Gasteiger charge is -2.46. The second kappa shape index (κ2) is 5.17. The molecule has 4 nitrogen and oxygen atoms in total. The quantitative estimate of drug-likeness (QED) is 0.896. The summed E-state index contributed by atoms with van der Waals surface area (Å²) in [5.74, 6) is 0.873. The molecule has 2 atom stereocenters. The highest BCUT2D eigenvalue weighted by atomic mass is 15.3. The van der Waals surface area contributed by atoms with Gasteiger partial charge >= 0.3 is 0 Å². The van der Waals surface area contributed by atoms with Gasteiger partial charge < -0.3 is 5.32 Å². The second-order valence-electron chi connectivity index (χ2n) is 6.24.